The summed E-state index contributed by atoms with van der Waals surface area (Å²) >= 11 is 0. The second kappa shape index (κ2) is 5.22. The molecule has 0 unspecified atom stereocenters. The standard InChI is InChI=1S/C13H20BFN2O3/c1-6-18-11-8-9(16-17-11)7-10(15)14-19-12(2,3)13(4,5)20-14/h7-8H,6H2,1-5H3,(H,16,17). The maximum absolute atomic E-state index is 14.2. The number of H-pyrrole nitrogens is 1. The van der Waals surface area contributed by atoms with Crippen molar-refractivity contribution in [1.82, 2.24) is 10.2 Å². The summed E-state index contributed by atoms with van der Waals surface area (Å²) in [5.74, 6) is 0.431. The minimum Gasteiger partial charge on any atom is -0.477 e. The van der Waals surface area contributed by atoms with Gasteiger partial charge in [-0.05, 0) is 40.7 Å². The Morgan fingerprint density at radius 2 is 2.00 bits per heavy atom. The number of nitrogens with zero attached hydrogens (tertiary/aromatic N) is 1. The van der Waals surface area contributed by atoms with Gasteiger partial charge in [0, 0.05) is 6.07 Å². The number of nitrogens with one attached hydrogen (secondary N) is 1. The molecule has 5 nitrogen and oxygen atoms in total. The molecule has 0 amide bonds. The van der Waals surface area contributed by atoms with Gasteiger partial charge in [0.15, 0.2) is 0 Å². The molecular formula is C13H20BFN2O3. The number of halogens is 1. The number of rotatable bonds is 4. The van der Waals surface area contributed by atoms with E-state index < -0.39 is 24.0 Å². The van der Waals surface area contributed by atoms with Crippen LogP contribution in [0.3, 0.4) is 0 Å². The first-order chi connectivity index (χ1) is 9.25. The molecule has 1 aliphatic rings. The van der Waals surface area contributed by atoms with Gasteiger partial charge in [0.25, 0.3) is 0 Å². The molecular weight excluding hydrogens is 262 g/mol. The topological polar surface area (TPSA) is 56.4 Å². The van der Waals surface area contributed by atoms with Crippen LogP contribution in [-0.4, -0.2) is 35.1 Å². The van der Waals surface area contributed by atoms with E-state index in [1.54, 1.807) is 6.07 Å². The highest BCUT2D eigenvalue weighted by atomic mass is 19.1. The maximum atomic E-state index is 14.2. The minimum atomic E-state index is -1.00. The molecule has 1 aromatic rings. The van der Waals surface area contributed by atoms with Crippen molar-refractivity contribution in [2.24, 2.45) is 0 Å². The number of hydrogen-bond acceptors (Lipinski definition) is 4. The van der Waals surface area contributed by atoms with Crippen molar-refractivity contribution >= 4 is 13.2 Å². The second-order valence-corrected chi connectivity index (χ2v) is 5.71. The number of aromatic nitrogens is 2. The Labute approximate surface area is 118 Å². The lowest BCUT2D eigenvalue weighted by Crippen LogP contribution is -2.41. The van der Waals surface area contributed by atoms with Crippen LogP contribution >= 0.6 is 0 Å². The van der Waals surface area contributed by atoms with E-state index in [2.05, 4.69) is 10.2 Å². The van der Waals surface area contributed by atoms with Gasteiger partial charge in [-0.15, -0.1) is 5.10 Å². The summed E-state index contributed by atoms with van der Waals surface area (Å²) in [5, 5.41) is 6.59. The molecule has 0 bridgehead atoms. The molecule has 1 N–H and O–H groups in total. The predicted octanol–water partition coefficient (Wildman–Crippen LogP) is 2.75. The van der Waals surface area contributed by atoms with Crippen LogP contribution < -0.4 is 4.74 Å². The Kier molecular flexibility index (Phi) is 3.93. The summed E-state index contributed by atoms with van der Waals surface area (Å²) in [6.45, 7) is 9.88. The van der Waals surface area contributed by atoms with Gasteiger partial charge in [0.05, 0.1) is 23.5 Å². The van der Waals surface area contributed by atoms with Gasteiger partial charge < -0.3 is 14.0 Å². The average Bonchev–Trinajstić information content (AvgIpc) is 2.83. The van der Waals surface area contributed by atoms with Crippen molar-refractivity contribution in [2.45, 2.75) is 45.8 Å². The Morgan fingerprint density at radius 3 is 2.55 bits per heavy atom. The maximum Gasteiger partial charge on any atom is 0.525 e. The molecule has 0 atom stereocenters. The zero-order valence-electron chi connectivity index (χ0n) is 12.5. The van der Waals surface area contributed by atoms with Crippen LogP contribution in [0.5, 0.6) is 5.88 Å². The number of hydrogen-bond donors (Lipinski definition) is 1. The molecule has 0 aromatic carbocycles. The van der Waals surface area contributed by atoms with Crippen LogP contribution in [0, 0.1) is 0 Å². The highest BCUT2D eigenvalue weighted by Crippen LogP contribution is 2.39. The lowest BCUT2D eigenvalue weighted by molar-refractivity contribution is 0.00578. The van der Waals surface area contributed by atoms with Gasteiger partial charge in [-0.3, -0.25) is 5.10 Å². The smallest absolute Gasteiger partial charge is 0.477 e. The molecule has 7 heteroatoms. The molecule has 2 heterocycles. The molecule has 110 valence electrons. The first-order valence-corrected chi connectivity index (χ1v) is 6.66. The molecule has 20 heavy (non-hydrogen) atoms. The average molecular weight is 282 g/mol. The van der Waals surface area contributed by atoms with Gasteiger partial charge in [-0.25, -0.2) is 4.39 Å². The summed E-state index contributed by atoms with van der Waals surface area (Å²) in [7, 11) is -1.00. The molecule has 0 saturated carbocycles. The highest BCUT2D eigenvalue weighted by molar-refractivity contribution is 6.54. The fourth-order valence-electron chi connectivity index (χ4n) is 1.79. The third kappa shape index (κ3) is 2.88. The van der Waals surface area contributed by atoms with E-state index in [0.29, 0.717) is 18.2 Å². The van der Waals surface area contributed by atoms with Crippen LogP contribution in [0.1, 0.15) is 40.3 Å². The zero-order chi connectivity index (χ0) is 15.0. The molecule has 1 aliphatic heterocycles. The van der Waals surface area contributed by atoms with Crippen molar-refractivity contribution in [3.63, 3.8) is 0 Å². The SMILES string of the molecule is CCOc1cc(C=C(F)B2OC(C)(C)C(C)(C)O2)[nH]n1. The van der Waals surface area contributed by atoms with E-state index in [4.69, 9.17) is 14.0 Å². The van der Waals surface area contributed by atoms with Gasteiger partial charge >= 0.3 is 7.12 Å². The van der Waals surface area contributed by atoms with Gasteiger partial charge in [-0.2, -0.15) is 0 Å². The van der Waals surface area contributed by atoms with E-state index in [1.165, 1.54) is 6.08 Å². The van der Waals surface area contributed by atoms with Crippen LogP contribution in [0.25, 0.3) is 6.08 Å². The summed E-state index contributed by atoms with van der Waals surface area (Å²) in [4.78, 5) is 0. The fraction of sp³-hybridized carbons (Fsp3) is 0.615. The Bertz CT molecular complexity index is 497. The third-order valence-corrected chi connectivity index (χ3v) is 3.64. The van der Waals surface area contributed by atoms with Crippen molar-refractivity contribution in [3.05, 3.63) is 17.5 Å². The van der Waals surface area contributed by atoms with E-state index in [1.807, 2.05) is 34.6 Å². The highest BCUT2D eigenvalue weighted by Gasteiger charge is 2.53. The summed E-state index contributed by atoms with van der Waals surface area (Å²) < 4.78 is 30.6. The largest absolute Gasteiger partial charge is 0.525 e. The van der Waals surface area contributed by atoms with Crippen LogP contribution in [0.15, 0.2) is 11.8 Å². The van der Waals surface area contributed by atoms with E-state index in [-0.39, 0.29) is 0 Å². The van der Waals surface area contributed by atoms with Crippen molar-refractivity contribution in [2.75, 3.05) is 6.61 Å². The molecule has 0 radical (unpaired) electrons. The normalized spacial score (nSPS) is 21.3. The van der Waals surface area contributed by atoms with E-state index in [0.717, 1.165) is 0 Å². The monoisotopic (exact) mass is 282 g/mol. The Morgan fingerprint density at radius 1 is 1.40 bits per heavy atom. The zero-order valence-corrected chi connectivity index (χ0v) is 12.5. The lowest BCUT2D eigenvalue weighted by Gasteiger charge is -2.32. The quantitative estimate of drug-likeness (QED) is 0.863. The van der Waals surface area contributed by atoms with Gasteiger partial charge in [0.1, 0.15) is 5.73 Å². The van der Waals surface area contributed by atoms with Crippen molar-refractivity contribution in [3.8, 4) is 5.88 Å². The van der Waals surface area contributed by atoms with Crippen LogP contribution in [-0.2, 0) is 9.31 Å². The first kappa shape index (κ1) is 15.1. The van der Waals surface area contributed by atoms with Crippen molar-refractivity contribution < 1.29 is 18.4 Å². The molecule has 1 aromatic heterocycles. The number of ether oxygens (including phenoxy) is 1. The van der Waals surface area contributed by atoms with Crippen LogP contribution in [0.4, 0.5) is 4.39 Å². The summed E-state index contributed by atoms with van der Waals surface area (Å²) in [6, 6.07) is 1.62. The van der Waals surface area contributed by atoms with Gasteiger partial charge in [0.2, 0.25) is 5.88 Å². The van der Waals surface area contributed by atoms with Crippen LogP contribution in [0.2, 0.25) is 0 Å². The van der Waals surface area contributed by atoms with E-state index in [9.17, 15) is 4.39 Å². The third-order valence-electron chi connectivity index (χ3n) is 3.64. The summed E-state index contributed by atoms with van der Waals surface area (Å²) in [6.07, 6.45) is 1.30. The number of aromatic amines is 1. The molecule has 1 saturated heterocycles. The predicted molar refractivity (Wildman–Crippen MR) is 74.9 cm³/mol. The van der Waals surface area contributed by atoms with Gasteiger partial charge in [-0.1, -0.05) is 0 Å². The second-order valence-electron chi connectivity index (χ2n) is 5.71. The summed E-state index contributed by atoms with van der Waals surface area (Å²) in [5.41, 5.74) is -1.13. The Hall–Kier alpha value is -1.34. The first-order valence-electron chi connectivity index (χ1n) is 6.66. The van der Waals surface area contributed by atoms with Crippen molar-refractivity contribution in [1.29, 1.82) is 0 Å². The lowest BCUT2D eigenvalue weighted by atomic mass is 9.87. The Balaban J connectivity index is 2.11. The molecule has 0 aliphatic carbocycles. The molecule has 1 fully saturated rings. The van der Waals surface area contributed by atoms with E-state index >= 15 is 0 Å². The minimum absolute atomic E-state index is 0.431. The molecule has 0 spiro atoms. The fourth-order valence-corrected chi connectivity index (χ4v) is 1.79. The molecule has 2 rings (SSSR count).